The number of carboxylic acid groups (broad SMARTS) is 1. The summed E-state index contributed by atoms with van der Waals surface area (Å²) in [7, 11) is 0. The van der Waals surface area contributed by atoms with E-state index >= 15 is 0 Å². The number of hydrogen-bond acceptors (Lipinski definition) is 2. The van der Waals surface area contributed by atoms with Gasteiger partial charge in [-0.1, -0.05) is 11.6 Å². The minimum absolute atomic E-state index is 0. The van der Waals surface area contributed by atoms with E-state index < -0.39 is 23.8 Å². The molecule has 1 atom stereocenters. The van der Waals surface area contributed by atoms with Crippen LogP contribution in [-0.2, 0) is 4.79 Å². The Kier molecular flexibility index (Phi) is 5.42. The summed E-state index contributed by atoms with van der Waals surface area (Å²) in [6.45, 7) is 3.23. The van der Waals surface area contributed by atoms with Crippen molar-refractivity contribution in [1.82, 2.24) is 0 Å². The maximum Gasteiger partial charge on any atom is 1.00 e. The third-order valence-corrected chi connectivity index (χ3v) is 3.57. The van der Waals surface area contributed by atoms with Gasteiger partial charge in [0.2, 0.25) is 6.10 Å². The standard InChI is InChI=1S/C13H10ClF3O3.Na.H/c1-5-6(2)10-7(4-9(5)14)3-8(12(18)19)11(20-10)13(15,16)17;;/h3-4,11H,1-2H3,(H,18,19);;/q;+1;-1. The van der Waals surface area contributed by atoms with Gasteiger partial charge in [-0.15, -0.1) is 0 Å². The molecule has 1 heterocycles. The third-order valence-electron chi connectivity index (χ3n) is 3.18. The van der Waals surface area contributed by atoms with Crippen molar-refractivity contribution in [3.8, 4) is 5.75 Å². The van der Waals surface area contributed by atoms with Crippen LogP contribution in [0, 0.1) is 13.8 Å². The Morgan fingerprint density at radius 2 is 1.95 bits per heavy atom. The van der Waals surface area contributed by atoms with Gasteiger partial charge in [0.15, 0.2) is 0 Å². The number of alkyl halides is 3. The molecule has 8 heteroatoms. The molecule has 0 radical (unpaired) electrons. The van der Waals surface area contributed by atoms with Gasteiger partial charge < -0.3 is 11.3 Å². The molecule has 1 aliphatic heterocycles. The van der Waals surface area contributed by atoms with Gasteiger partial charge in [-0.05, 0) is 37.1 Å². The molecule has 1 aromatic carbocycles. The molecule has 0 fully saturated rings. The van der Waals surface area contributed by atoms with Gasteiger partial charge in [-0.2, -0.15) is 13.2 Å². The van der Waals surface area contributed by atoms with Crippen molar-refractivity contribution in [2.24, 2.45) is 0 Å². The first-order valence-electron chi connectivity index (χ1n) is 5.61. The van der Waals surface area contributed by atoms with Crippen molar-refractivity contribution in [2.45, 2.75) is 26.1 Å². The first-order valence-corrected chi connectivity index (χ1v) is 5.98. The number of carbonyl (C=O) groups is 1. The number of fused-ring (bicyclic) bond motifs is 1. The van der Waals surface area contributed by atoms with Gasteiger partial charge in [-0.25, -0.2) is 4.79 Å². The van der Waals surface area contributed by atoms with E-state index in [1.807, 2.05) is 0 Å². The van der Waals surface area contributed by atoms with E-state index in [1.165, 1.54) is 6.07 Å². The average Bonchev–Trinajstić information content (AvgIpc) is 2.33. The minimum Gasteiger partial charge on any atom is -1.00 e. The van der Waals surface area contributed by atoms with Crippen LogP contribution in [0.2, 0.25) is 5.02 Å². The molecule has 0 amide bonds. The van der Waals surface area contributed by atoms with Gasteiger partial charge in [0, 0.05) is 10.6 Å². The molecule has 0 spiro atoms. The summed E-state index contributed by atoms with van der Waals surface area (Å²) < 4.78 is 43.6. The molecule has 21 heavy (non-hydrogen) atoms. The van der Waals surface area contributed by atoms with Crippen molar-refractivity contribution in [3.05, 3.63) is 33.4 Å². The third kappa shape index (κ3) is 3.39. The number of rotatable bonds is 1. The smallest absolute Gasteiger partial charge is 1.00 e. The van der Waals surface area contributed by atoms with Crippen LogP contribution in [0.1, 0.15) is 18.1 Å². The molecule has 0 bridgehead atoms. The number of carboxylic acids is 1. The van der Waals surface area contributed by atoms with Crippen LogP contribution in [-0.4, -0.2) is 23.4 Å². The molecular formula is C13H11ClF3NaO3. The SMILES string of the molecule is Cc1c(Cl)cc2c(c1C)OC(C(F)(F)F)C(C(=O)O)=C2.[H-].[Na+]. The fourth-order valence-corrected chi connectivity index (χ4v) is 2.24. The Morgan fingerprint density at radius 1 is 1.38 bits per heavy atom. The average molecular weight is 331 g/mol. The molecule has 110 valence electrons. The van der Waals surface area contributed by atoms with Crippen molar-refractivity contribution < 1.29 is 58.8 Å². The van der Waals surface area contributed by atoms with Gasteiger partial charge >= 0.3 is 41.7 Å². The van der Waals surface area contributed by atoms with Crippen LogP contribution in [0.25, 0.3) is 6.08 Å². The molecule has 3 nitrogen and oxygen atoms in total. The molecule has 0 aromatic heterocycles. The topological polar surface area (TPSA) is 46.5 Å². The molecule has 0 aliphatic carbocycles. The summed E-state index contributed by atoms with van der Waals surface area (Å²) >= 11 is 5.95. The fraction of sp³-hybridized carbons (Fsp3) is 0.308. The van der Waals surface area contributed by atoms with E-state index in [9.17, 15) is 18.0 Å². The minimum atomic E-state index is -4.80. The van der Waals surface area contributed by atoms with Gasteiger partial charge in [0.05, 0.1) is 5.57 Å². The molecular weight excluding hydrogens is 320 g/mol. The summed E-state index contributed by atoms with van der Waals surface area (Å²) in [6, 6.07) is 1.40. The summed E-state index contributed by atoms with van der Waals surface area (Å²) in [6.07, 6.45) is -6.33. The van der Waals surface area contributed by atoms with Crippen molar-refractivity contribution in [1.29, 1.82) is 0 Å². The van der Waals surface area contributed by atoms with E-state index in [0.29, 0.717) is 16.1 Å². The molecule has 1 aliphatic rings. The summed E-state index contributed by atoms with van der Waals surface area (Å²) in [5, 5.41) is 9.25. The Balaban J connectivity index is 0.00000220. The normalized spacial score (nSPS) is 17.2. The van der Waals surface area contributed by atoms with Crippen molar-refractivity contribution >= 4 is 23.6 Å². The zero-order chi connectivity index (χ0) is 15.2. The van der Waals surface area contributed by atoms with Crippen molar-refractivity contribution in [3.63, 3.8) is 0 Å². The maximum absolute atomic E-state index is 12.9. The molecule has 0 saturated heterocycles. The van der Waals surface area contributed by atoms with Gasteiger partial charge in [-0.3, -0.25) is 0 Å². The van der Waals surface area contributed by atoms with E-state index in [4.69, 9.17) is 21.4 Å². The predicted molar refractivity (Wildman–Crippen MR) is 68.1 cm³/mol. The zero-order valence-electron chi connectivity index (χ0n) is 12.5. The van der Waals surface area contributed by atoms with Crippen molar-refractivity contribution in [2.75, 3.05) is 0 Å². The first kappa shape index (κ1) is 18.4. The Labute approximate surface area is 147 Å². The molecule has 1 unspecified atom stereocenters. The van der Waals surface area contributed by atoms with Crippen LogP contribution in [0.4, 0.5) is 13.2 Å². The largest absolute Gasteiger partial charge is 1.00 e. The summed E-state index contributed by atoms with van der Waals surface area (Å²) in [4.78, 5) is 11.0. The van der Waals surface area contributed by atoms with E-state index in [2.05, 4.69) is 0 Å². The molecule has 1 N–H and O–H groups in total. The second kappa shape index (κ2) is 6.20. The van der Waals surface area contributed by atoms with Crippen LogP contribution in [0.15, 0.2) is 11.6 Å². The van der Waals surface area contributed by atoms with Gasteiger partial charge in [0.25, 0.3) is 0 Å². The Bertz CT molecular complexity index is 632. The molecule has 2 rings (SSSR count). The molecule has 1 aromatic rings. The van der Waals surface area contributed by atoms with Crippen LogP contribution < -0.4 is 34.3 Å². The van der Waals surface area contributed by atoms with Crippen LogP contribution >= 0.6 is 11.6 Å². The Morgan fingerprint density at radius 3 is 2.43 bits per heavy atom. The number of aliphatic carboxylic acids is 1. The van der Waals surface area contributed by atoms with Gasteiger partial charge in [0.1, 0.15) is 5.75 Å². The number of halogens is 4. The number of hydrogen-bond donors (Lipinski definition) is 1. The summed E-state index contributed by atoms with van der Waals surface area (Å²) in [5.41, 5.74) is 0.432. The molecule has 0 saturated carbocycles. The quantitative estimate of drug-likeness (QED) is 0.777. The summed E-state index contributed by atoms with van der Waals surface area (Å²) in [5.74, 6) is -1.66. The van der Waals surface area contributed by atoms with E-state index in [1.54, 1.807) is 13.8 Å². The second-order valence-corrected chi connectivity index (χ2v) is 4.88. The number of ether oxygens (including phenoxy) is 1. The van der Waals surface area contributed by atoms with E-state index in [0.717, 1.165) is 6.08 Å². The predicted octanol–water partition coefficient (Wildman–Crippen LogP) is 0.865. The van der Waals surface area contributed by atoms with Crippen LogP contribution in [0.3, 0.4) is 0 Å². The maximum atomic E-state index is 12.9. The monoisotopic (exact) mass is 330 g/mol. The van der Waals surface area contributed by atoms with E-state index in [-0.39, 0.29) is 42.3 Å². The number of benzene rings is 1. The zero-order valence-corrected chi connectivity index (χ0v) is 14.3. The fourth-order valence-electron chi connectivity index (χ4n) is 1.98. The first-order chi connectivity index (χ1) is 9.12. The Hall–Kier alpha value is -0.690. The van der Waals surface area contributed by atoms with Crippen LogP contribution in [0.5, 0.6) is 5.75 Å². The second-order valence-electron chi connectivity index (χ2n) is 4.47.